The molecular weight excluding hydrogens is 648 g/mol. The molecule has 0 aromatic rings. The summed E-state index contributed by atoms with van der Waals surface area (Å²) in [5.74, 6) is -0.331. The minimum absolute atomic E-state index is 0.121. The average Bonchev–Trinajstić information content (AvgIpc) is 3.13. The van der Waals surface area contributed by atoms with E-state index in [0.717, 1.165) is 89.9 Å². The van der Waals surface area contributed by atoms with Gasteiger partial charge in [-0.25, -0.2) is 0 Å². The highest BCUT2D eigenvalue weighted by Crippen LogP contribution is 2.22. The van der Waals surface area contributed by atoms with E-state index in [-0.39, 0.29) is 19.2 Å². The molecule has 0 amide bonds. The molecule has 4 N–H and O–H groups in total. The molecule has 9 heteroatoms. The van der Waals surface area contributed by atoms with Crippen molar-refractivity contribution >= 4 is 5.97 Å². The monoisotopic (exact) mass is 723 g/mol. The predicted octanol–water partition coefficient (Wildman–Crippen LogP) is 8.19. The molecule has 0 bridgehead atoms. The fourth-order valence-corrected chi connectivity index (χ4v) is 5.80. The SMILES string of the molecule is CC/C=C\C/C=C\C/C=C\CCCCCCCCCCOCC(COC1OC(CO)C(O)C(O)C1O)OC(=O)CCCCCCC/C=C\CCC. The van der Waals surface area contributed by atoms with Gasteiger partial charge in [-0.05, 0) is 64.2 Å². The first-order chi connectivity index (χ1) is 24.9. The van der Waals surface area contributed by atoms with Crippen LogP contribution < -0.4 is 0 Å². The quantitative estimate of drug-likeness (QED) is 0.0301. The third-order valence-corrected chi connectivity index (χ3v) is 8.96. The largest absolute Gasteiger partial charge is 0.457 e. The Morgan fingerprint density at radius 1 is 0.647 bits per heavy atom. The van der Waals surface area contributed by atoms with Crippen LogP contribution in [0.3, 0.4) is 0 Å². The summed E-state index contributed by atoms with van der Waals surface area (Å²) in [5, 5.41) is 40.0. The van der Waals surface area contributed by atoms with Crippen molar-refractivity contribution in [3.8, 4) is 0 Å². The third-order valence-electron chi connectivity index (χ3n) is 8.96. The molecule has 0 spiro atoms. The second-order valence-corrected chi connectivity index (χ2v) is 13.7. The first kappa shape index (κ1) is 47.2. The second kappa shape index (κ2) is 34.0. The van der Waals surface area contributed by atoms with Gasteiger partial charge in [0.15, 0.2) is 6.29 Å². The van der Waals surface area contributed by atoms with E-state index in [1.54, 1.807) is 0 Å². The zero-order valence-corrected chi connectivity index (χ0v) is 32.1. The van der Waals surface area contributed by atoms with Crippen LogP contribution >= 0.6 is 0 Å². The van der Waals surface area contributed by atoms with Gasteiger partial charge in [-0.1, -0.05) is 127 Å². The predicted molar refractivity (Wildman–Crippen MR) is 205 cm³/mol. The van der Waals surface area contributed by atoms with Gasteiger partial charge in [0.25, 0.3) is 0 Å². The molecule has 1 heterocycles. The fourth-order valence-electron chi connectivity index (χ4n) is 5.80. The molecule has 0 aromatic heterocycles. The highest BCUT2D eigenvalue weighted by molar-refractivity contribution is 5.69. The van der Waals surface area contributed by atoms with E-state index >= 15 is 0 Å². The number of esters is 1. The lowest BCUT2D eigenvalue weighted by molar-refractivity contribution is -0.305. The van der Waals surface area contributed by atoms with Gasteiger partial charge in [-0.15, -0.1) is 0 Å². The van der Waals surface area contributed by atoms with Gasteiger partial charge in [-0.2, -0.15) is 0 Å². The molecule has 0 radical (unpaired) electrons. The number of aliphatic hydroxyl groups is 4. The summed E-state index contributed by atoms with van der Waals surface area (Å²) in [6.45, 7) is 4.34. The molecule has 9 nitrogen and oxygen atoms in total. The Labute approximate surface area is 310 Å². The summed E-state index contributed by atoms with van der Waals surface area (Å²) < 4.78 is 22.7. The van der Waals surface area contributed by atoms with Gasteiger partial charge < -0.3 is 39.4 Å². The average molecular weight is 723 g/mol. The summed E-state index contributed by atoms with van der Waals surface area (Å²) in [7, 11) is 0. The van der Waals surface area contributed by atoms with Gasteiger partial charge in [-0.3, -0.25) is 4.79 Å². The second-order valence-electron chi connectivity index (χ2n) is 13.7. The van der Waals surface area contributed by atoms with E-state index in [0.29, 0.717) is 13.0 Å². The van der Waals surface area contributed by atoms with Gasteiger partial charge >= 0.3 is 5.97 Å². The van der Waals surface area contributed by atoms with E-state index < -0.39 is 43.4 Å². The van der Waals surface area contributed by atoms with E-state index in [2.05, 4.69) is 62.5 Å². The van der Waals surface area contributed by atoms with Crippen molar-refractivity contribution in [3.05, 3.63) is 48.6 Å². The Morgan fingerprint density at radius 3 is 1.82 bits per heavy atom. The molecule has 1 aliphatic rings. The van der Waals surface area contributed by atoms with Gasteiger partial charge in [0.1, 0.15) is 30.5 Å². The van der Waals surface area contributed by atoms with Crippen molar-refractivity contribution in [2.75, 3.05) is 26.4 Å². The van der Waals surface area contributed by atoms with Crippen LogP contribution in [-0.4, -0.2) is 89.6 Å². The van der Waals surface area contributed by atoms with E-state index in [1.807, 2.05) is 0 Å². The molecule has 1 rings (SSSR count). The molecule has 1 fully saturated rings. The number of unbranched alkanes of at least 4 members (excludes halogenated alkanes) is 14. The Kier molecular flexibility index (Phi) is 31.4. The minimum atomic E-state index is -1.54. The lowest BCUT2D eigenvalue weighted by Crippen LogP contribution is -2.59. The van der Waals surface area contributed by atoms with Crippen LogP contribution in [0.1, 0.15) is 149 Å². The standard InChI is InChI=1S/C42H74O9/c1-3-5-7-9-11-13-15-16-17-18-19-20-21-22-24-26-28-30-32-48-34-36(35-49-42-41(47)40(46)39(45)37(33-43)51-42)50-38(44)31-29-27-25-23-14-12-10-8-6-4-2/h5,7-8,10-11,13,16-17,36-37,39-43,45-47H,3-4,6,9,12,14-15,18-35H2,1-2H3/b7-5-,10-8-,13-11-,17-16-. The molecule has 0 aliphatic carbocycles. The maximum absolute atomic E-state index is 12.7. The van der Waals surface area contributed by atoms with Crippen molar-refractivity contribution in [2.24, 2.45) is 0 Å². The number of allylic oxidation sites excluding steroid dienone is 8. The lowest BCUT2D eigenvalue weighted by atomic mass is 9.99. The number of carbonyl (C=O) groups is 1. The number of hydrogen-bond acceptors (Lipinski definition) is 9. The molecule has 51 heavy (non-hydrogen) atoms. The summed E-state index contributed by atoms with van der Waals surface area (Å²) >= 11 is 0. The van der Waals surface area contributed by atoms with Crippen molar-refractivity contribution in [2.45, 2.75) is 185 Å². The van der Waals surface area contributed by atoms with E-state index in [9.17, 15) is 25.2 Å². The Bertz CT molecular complexity index is 916. The van der Waals surface area contributed by atoms with Crippen molar-refractivity contribution in [3.63, 3.8) is 0 Å². The van der Waals surface area contributed by atoms with E-state index in [4.69, 9.17) is 18.9 Å². The highest BCUT2D eigenvalue weighted by Gasteiger charge is 2.44. The maximum atomic E-state index is 12.7. The zero-order valence-electron chi connectivity index (χ0n) is 32.1. The molecule has 0 saturated carbocycles. The van der Waals surface area contributed by atoms with Crippen molar-refractivity contribution in [1.82, 2.24) is 0 Å². The fraction of sp³-hybridized carbons (Fsp3) is 0.786. The summed E-state index contributed by atoms with van der Waals surface area (Å²) in [6, 6.07) is 0. The zero-order chi connectivity index (χ0) is 37.2. The first-order valence-corrected chi connectivity index (χ1v) is 20.2. The molecular formula is C42H74O9. The van der Waals surface area contributed by atoms with Crippen LogP contribution in [-0.2, 0) is 23.7 Å². The number of aliphatic hydroxyl groups excluding tert-OH is 4. The van der Waals surface area contributed by atoms with Crippen LogP contribution in [0, 0.1) is 0 Å². The van der Waals surface area contributed by atoms with Crippen LogP contribution in [0.5, 0.6) is 0 Å². The van der Waals surface area contributed by atoms with E-state index in [1.165, 1.54) is 38.5 Å². The smallest absolute Gasteiger partial charge is 0.306 e. The number of carbonyl (C=O) groups excluding carboxylic acids is 1. The molecule has 296 valence electrons. The molecule has 6 unspecified atom stereocenters. The normalized spacial score (nSPS) is 21.9. The maximum Gasteiger partial charge on any atom is 0.306 e. The van der Waals surface area contributed by atoms with Gasteiger partial charge in [0, 0.05) is 13.0 Å². The van der Waals surface area contributed by atoms with Gasteiger partial charge in [0.2, 0.25) is 0 Å². The van der Waals surface area contributed by atoms with Crippen LogP contribution in [0.25, 0.3) is 0 Å². The number of ether oxygens (including phenoxy) is 4. The Morgan fingerprint density at radius 2 is 1.20 bits per heavy atom. The molecule has 1 aliphatic heterocycles. The first-order valence-electron chi connectivity index (χ1n) is 20.2. The summed E-state index contributed by atoms with van der Waals surface area (Å²) in [4.78, 5) is 12.7. The molecule has 6 atom stereocenters. The number of hydrogen-bond donors (Lipinski definition) is 4. The van der Waals surface area contributed by atoms with Crippen molar-refractivity contribution < 1.29 is 44.2 Å². The Balaban J connectivity index is 2.28. The third kappa shape index (κ3) is 25.7. The van der Waals surface area contributed by atoms with Gasteiger partial charge in [0.05, 0.1) is 19.8 Å². The van der Waals surface area contributed by atoms with Crippen LogP contribution in [0.2, 0.25) is 0 Å². The van der Waals surface area contributed by atoms with Crippen LogP contribution in [0.15, 0.2) is 48.6 Å². The topological polar surface area (TPSA) is 135 Å². The molecule has 0 aromatic carbocycles. The van der Waals surface area contributed by atoms with Crippen molar-refractivity contribution in [1.29, 1.82) is 0 Å². The summed E-state index contributed by atoms with van der Waals surface area (Å²) in [5.41, 5.74) is 0. The van der Waals surface area contributed by atoms with Crippen LogP contribution in [0.4, 0.5) is 0 Å². The molecule has 1 saturated heterocycles. The highest BCUT2D eigenvalue weighted by atomic mass is 16.7. The summed E-state index contributed by atoms with van der Waals surface area (Å²) in [6.07, 6.45) is 32.8. The number of rotatable bonds is 33. The Hall–Kier alpha value is -1.85. The minimum Gasteiger partial charge on any atom is -0.457 e. The lowest BCUT2D eigenvalue weighted by Gasteiger charge is -2.39.